The number of benzene rings is 1. The van der Waals surface area contributed by atoms with E-state index in [1.807, 2.05) is 0 Å². The number of nitrogen functional groups attached to an aromatic ring is 1. The summed E-state index contributed by atoms with van der Waals surface area (Å²) in [6.07, 6.45) is 3.21. The second kappa shape index (κ2) is 6.56. The molecule has 0 aliphatic carbocycles. The maximum Gasteiger partial charge on any atom is 0.240 e. The molecule has 1 heterocycles. The van der Waals surface area contributed by atoms with E-state index in [9.17, 15) is 8.42 Å². The Morgan fingerprint density at radius 1 is 1.25 bits per heavy atom. The quantitative estimate of drug-likeness (QED) is 0.803. The third-order valence-electron chi connectivity index (χ3n) is 3.87. The van der Waals surface area contributed by atoms with E-state index in [1.165, 1.54) is 12.1 Å². The number of nitrogens with two attached hydrogens (primary N) is 1. The summed E-state index contributed by atoms with van der Waals surface area (Å²) >= 11 is 0. The van der Waals surface area contributed by atoms with E-state index in [2.05, 4.69) is 16.7 Å². The number of piperidine rings is 1. The minimum atomic E-state index is -3.40. The Balaban J connectivity index is 1.82. The lowest BCUT2D eigenvalue weighted by atomic mass is 9.94. The lowest BCUT2D eigenvalue weighted by molar-refractivity contribution is 0.213. The molecule has 0 spiro atoms. The summed E-state index contributed by atoms with van der Waals surface area (Å²) in [4.78, 5) is 2.59. The standard InChI is InChI=1S/C14H23N3O2S/c1-17-10-7-12(8-11-17)6-9-16-20(18,19)14-4-2-13(15)3-5-14/h2-5,12,16H,6-11,15H2,1H3. The minimum absolute atomic E-state index is 0.273. The van der Waals surface area contributed by atoms with Crippen molar-refractivity contribution in [3.05, 3.63) is 24.3 Å². The van der Waals surface area contributed by atoms with Gasteiger partial charge in [0.25, 0.3) is 0 Å². The van der Waals surface area contributed by atoms with E-state index >= 15 is 0 Å². The molecule has 1 fully saturated rings. The first-order valence-electron chi connectivity index (χ1n) is 7.01. The topological polar surface area (TPSA) is 75.4 Å². The summed E-state index contributed by atoms with van der Waals surface area (Å²) in [7, 11) is -1.28. The van der Waals surface area contributed by atoms with Crippen molar-refractivity contribution in [2.45, 2.75) is 24.2 Å². The van der Waals surface area contributed by atoms with Crippen LogP contribution in [0.1, 0.15) is 19.3 Å². The SMILES string of the molecule is CN1CCC(CCNS(=O)(=O)c2ccc(N)cc2)CC1. The highest BCUT2D eigenvalue weighted by atomic mass is 32.2. The number of rotatable bonds is 5. The molecule has 0 aromatic heterocycles. The summed E-state index contributed by atoms with van der Waals surface area (Å²) in [5, 5.41) is 0. The zero-order valence-corrected chi connectivity index (χ0v) is 12.7. The molecule has 0 radical (unpaired) electrons. The normalized spacial score (nSPS) is 18.2. The molecule has 6 heteroatoms. The number of nitrogens with one attached hydrogen (secondary N) is 1. The number of hydrogen-bond donors (Lipinski definition) is 2. The zero-order valence-electron chi connectivity index (χ0n) is 11.9. The van der Waals surface area contributed by atoms with Crippen LogP contribution in [-0.4, -0.2) is 40.0 Å². The van der Waals surface area contributed by atoms with Gasteiger partial charge in [0.05, 0.1) is 4.90 Å². The van der Waals surface area contributed by atoms with Gasteiger partial charge in [-0.25, -0.2) is 13.1 Å². The largest absolute Gasteiger partial charge is 0.399 e. The van der Waals surface area contributed by atoms with Gasteiger partial charge in [0, 0.05) is 12.2 Å². The number of anilines is 1. The van der Waals surface area contributed by atoms with Crippen LogP contribution in [0.15, 0.2) is 29.2 Å². The molecular formula is C14H23N3O2S. The average molecular weight is 297 g/mol. The van der Waals surface area contributed by atoms with Crippen LogP contribution in [0.5, 0.6) is 0 Å². The van der Waals surface area contributed by atoms with Crippen LogP contribution < -0.4 is 10.5 Å². The van der Waals surface area contributed by atoms with E-state index in [-0.39, 0.29) is 4.90 Å². The monoisotopic (exact) mass is 297 g/mol. The second-order valence-corrected chi connectivity index (χ2v) is 7.27. The summed E-state index contributed by atoms with van der Waals surface area (Å²) in [5.41, 5.74) is 6.12. The molecule has 0 amide bonds. The highest BCUT2D eigenvalue weighted by Gasteiger charge is 2.18. The first-order chi connectivity index (χ1) is 9.47. The van der Waals surface area contributed by atoms with Crippen molar-refractivity contribution in [3.63, 3.8) is 0 Å². The Kier molecular flexibility index (Phi) is 5.01. The molecule has 5 nitrogen and oxygen atoms in total. The maximum atomic E-state index is 12.1. The van der Waals surface area contributed by atoms with Gasteiger partial charge in [0.15, 0.2) is 0 Å². The van der Waals surface area contributed by atoms with E-state index in [1.54, 1.807) is 12.1 Å². The van der Waals surface area contributed by atoms with E-state index in [0.717, 1.165) is 32.4 Å². The molecule has 0 bridgehead atoms. The van der Waals surface area contributed by atoms with Crippen LogP contribution in [0.3, 0.4) is 0 Å². The summed E-state index contributed by atoms with van der Waals surface area (Å²) in [5.74, 6) is 0.625. The number of nitrogens with zero attached hydrogens (tertiary/aromatic N) is 1. The Labute approximate surface area is 121 Å². The molecule has 1 aliphatic rings. The van der Waals surface area contributed by atoms with Crippen LogP contribution >= 0.6 is 0 Å². The van der Waals surface area contributed by atoms with Crippen LogP contribution in [0.4, 0.5) is 5.69 Å². The van der Waals surface area contributed by atoms with Crippen molar-refractivity contribution in [1.29, 1.82) is 0 Å². The molecule has 112 valence electrons. The minimum Gasteiger partial charge on any atom is -0.399 e. The van der Waals surface area contributed by atoms with Gasteiger partial charge < -0.3 is 10.6 Å². The lowest BCUT2D eigenvalue weighted by Gasteiger charge is -2.28. The second-order valence-electron chi connectivity index (χ2n) is 5.50. The van der Waals surface area contributed by atoms with Gasteiger partial charge in [-0.1, -0.05) is 0 Å². The van der Waals surface area contributed by atoms with Crippen molar-refractivity contribution in [2.24, 2.45) is 5.92 Å². The van der Waals surface area contributed by atoms with Gasteiger partial charge in [-0.2, -0.15) is 0 Å². The number of hydrogen-bond acceptors (Lipinski definition) is 4. The predicted molar refractivity (Wildman–Crippen MR) is 80.9 cm³/mol. The molecule has 1 saturated heterocycles. The maximum absolute atomic E-state index is 12.1. The molecule has 0 saturated carbocycles. The van der Waals surface area contributed by atoms with Gasteiger partial charge in [-0.05, 0) is 69.6 Å². The molecule has 3 N–H and O–H groups in total. The fourth-order valence-electron chi connectivity index (χ4n) is 2.48. The van der Waals surface area contributed by atoms with Crippen molar-refractivity contribution < 1.29 is 8.42 Å². The Bertz CT molecular complexity index is 520. The molecule has 1 aromatic carbocycles. The highest BCUT2D eigenvalue weighted by molar-refractivity contribution is 7.89. The fourth-order valence-corrected chi connectivity index (χ4v) is 3.53. The van der Waals surface area contributed by atoms with Gasteiger partial charge in [-0.15, -0.1) is 0 Å². The van der Waals surface area contributed by atoms with Crippen LogP contribution in [0, 0.1) is 5.92 Å². The van der Waals surface area contributed by atoms with Crippen molar-refractivity contribution >= 4 is 15.7 Å². The van der Waals surface area contributed by atoms with Gasteiger partial charge >= 0.3 is 0 Å². The van der Waals surface area contributed by atoms with Gasteiger partial charge in [-0.3, -0.25) is 0 Å². The molecule has 1 aromatic rings. The van der Waals surface area contributed by atoms with Crippen molar-refractivity contribution in [1.82, 2.24) is 9.62 Å². The molecule has 0 unspecified atom stereocenters. The summed E-state index contributed by atoms with van der Waals surface area (Å²) < 4.78 is 26.8. The fraction of sp³-hybridized carbons (Fsp3) is 0.571. The number of likely N-dealkylation sites (tertiary alicyclic amines) is 1. The first kappa shape index (κ1) is 15.3. The number of sulfonamides is 1. The third-order valence-corrected chi connectivity index (χ3v) is 5.35. The van der Waals surface area contributed by atoms with Crippen molar-refractivity contribution in [3.8, 4) is 0 Å². The van der Waals surface area contributed by atoms with Gasteiger partial charge in [0.2, 0.25) is 10.0 Å². The average Bonchev–Trinajstić information content (AvgIpc) is 2.41. The van der Waals surface area contributed by atoms with E-state index in [4.69, 9.17) is 5.73 Å². The molecular weight excluding hydrogens is 274 g/mol. The Morgan fingerprint density at radius 2 is 1.85 bits per heavy atom. The Morgan fingerprint density at radius 3 is 2.45 bits per heavy atom. The molecule has 2 rings (SSSR count). The van der Waals surface area contributed by atoms with E-state index < -0.39 is 10.0 Å². The highest BCUT2D eigenvalue weighted by Crippen LogP contribution is 2.19. The smallest absolute Gasteiger partial charge is 0.240 e. The lowest BCUT2D eigenvalue weighted by Crippen LogP contribution is -2.32. The Hall–Kier alpha value is -1.11. The van der Waals surface area contributed by atoms with Crippen LogP contribution in [0.2, 0.25) is 0 Å². The first-order valence-corrected chi connectivity index (χ1v) is 8.49. The van der Waals surface area contributed by atoms with Crippen LogP contribution in [0.25, 0.3) is 0 Å². The summed E-state index contributed by atoms with van der Waals surface area (Å²) in [6.45, 7) is 2.71. The molecule has 0 atom stereocenters. The van der Waals surface area contributed by atoms with E-state index in [0.29, 0.717) is 18.2 Å². The third kappa shape index (κ3) is 4.19. The van der Waals surface area contributed by atoms with Crippen LogP contribution in [-0.2, 0) is 10.0 Å². The molecule has 1 aliphatic heterocycles. The van der Waals surface area contributed by atoms with Gasteiger partial charge in [0.1, 0.15) is 0 Å². The van der Waals surface area contributed by atoms with Crippen molar-refractivity contribution in [2.75, 3.05) is 32.4 Å². The zero-order chi connectivity index (χ0) is 14.6. The predicted octanol–water partition coefficient (Wildman–Crippen LogP) is 1.28. The summed E-state index contributed by atoms with van der Waals surface area (Å²) in [6, 6.07) is 6.28. The molecule has 20 heavy (non-hydrogen) atoms.